The number of carbonyl (C=O) groups excluding carboxylic acids is 1. The molecule has 0 aliphatic heterocycles. The van der Waals surface area contributed by atoms with Crippen LogP contribution in [0.3, 0.4) is 0 Å². The topological polar surface area (TPSA) is 78.3 Å². The first-order valence-electron chi connectivity index (χ1n) is 11.4. The van der Waals surface area contributed by atoms with Crippen LogP contribution in [0.25, 0.3) is 10.8 Å². The summed E-state index contributed by atoms with van der Waals surface area (Å²) in [5.74, 6) is 2.07. The Morgan fingerprint density at radius 1 is 1.09 bits per heavy atom. The van der Waals surface area contributed by atoms with Crippen molar-refractivity contribution < 1.29 is 14.3 Å². The lowest BCUT2D eigenvalue weighted by molar-refractivity contribution is -0.113. The van der Waals surface area contributed by atoms with E-state index in [1.807, 2.05) is 79.1 Å². The molecule has 8 heteroatoms. The molecule has 0 aliphatic carbocycles. The summed E-state index contributed by atoms with van der Waals surface area (Å²) >= 11 is 1.32. The van der Waals surface area contributed by atoms with Gasteiger partial charge in [-0.2, -0.15) is 0 Å². The van der Waals surface area contributed by atoms with Crippen molar-refractivity contribution in [3.8, 4) is 11.5 Å². The largest absolute Gasteiger partial charge is 0.490 e. The van der Waals surface area contributed by atoms with Gasteiger partial charge in [-0.15, -0.1) is 16.8 Å². The molecule has 35 heavy (non-hydrogen) atoms. The van der Waals surface area contributed by atoms with Crippen molar-refractivity contribution >= 4 is 34.1 Å². The number of anilines is 1. The van der Waals surface area contributed by atoms with Gasteiger partial charge in [-0.25, -0.2) is 0 Å². The summed E-state index contributed by atoms with van der Waals surface area (Å²) in [6.45, 7) is 9.05. The quantitative estimate of drug-likeness (QED) is 0.218. The van der Waals surface area contributed by atoms with E-state index in [2.05, 4.69) is 22.1 Å². The first kappa shape index (κ1) is 24.3. The van der Waals surface area contributed by atoms with E-state index in [0.717, 1.165) is 22.0 Å². The first-order chi connectivity index (χ1) is 17.1. The Morgan fingerprint density at radius 2 is 1.91 bits per heavy atom. The Morgan fingerprint density at radius 3 is 2.74 bits per heavy atom. The zero-order valence-corrected chi connectivity index (χ0v) is 20.7. The van der Waals surface area contributed by atoms with Crippen LogP contribution in [-0.2, 0) is 17.9 Å². The van der Waals surface area contributed by atoms with E-state index in [4.69, 9.17) is 9.47 Å². The van der Waals surface area contributed by atoms with Gasteiger partial charge in [0.25, 0.3) is 0 Å². The zero-order valence-electron chi connectivity index (χ0n) is 19.9. The standard InChI is InChI=1S/C27H28N4O3S/c1-4-15-31-25(17-34-23-14-13-19(3)16-24(23)33-5-2)29-30-27(31)35-18-26(32)28-22-12-8-10-20-9-6-7-11-21(20)22/h4,6-14,16H,1,5,15,17-18H2,2-3H3,(H,28,32). The summed E-state index contributed by atoms with van der Waals surface area (Å²) in [5.41, 5.74) is 1.88. The van der Waals surface area contributed by atoms with E-state index in [1.165, 1.54) is 11.8 Å². The molecule has 180 valence electrons. The Hall–Kier alpha value is -3.78. The fraction of sp³-hybridized carbons (Fsp3) is 0.222. The lowest BCUT2D eigenvalue weighted by Crippen LogP contribution is -2.15. The number of aromatic nitrogens is 3. The predicted molar refractivity (Wildman–Crippen MR) is 140 cm³/mol. The summed E-state index contributed by atoms with van der Waals surface area (Å²) in [4.78, 5) is 12.7. The molecule has 1 heterocycles. The Labute approximate surface area is 209 Å². The molecule has 0 bridgehead atoms. The molecule has 0 radical (unpaired) electrons. The molecule has 0 saturated heterocycles. The minimum atomic E-state index is -0.113. The number of rotatable bonds is 11. The molecule has 7 nitrogen and oxygen atoms in total. The highest BCUT2D eigenvalue weighted by Gasteiger charge is 2.16. The number of thioether (sulfide) groups is 1. The van der Waals surface area contributed by atoms with Crippen LogP contribution >= 0.6 is 11.8 Å². The Balaban J connectivity index is 1.42. The average molecular weight is 489 g/mol. The lowest BCUT2D eigenvalue weighted by Gasteiger charge is -2.13. The molecule has 4 aromatic rings. The highest BCUT2D eigenvalue weighted by Crippen LogP contribution is 2.29. The first-order valence-corrected chi connectivity index (χ1v) is 12.4. The fourth-order valence-electron chi connectivity index (χ4n) is 3.64. The number of nitrogens with one attached hydrogen (secondary N) is 1. The number of ether oxygens (including phenoxy) is 2. The van der Waals surface area contributed by atoms with Gasteiger partial charge in [-0.1, -0.05) is 60.3 Å². The normalized spacial score (nSPS) is 10.8. The van der Waals surface area contributed by atoms with Gasteiger partial charge in [0.15, 0.2) is 22.5 Å². The van der Waals surface area contributed by atoms with Gasteiger partial charge in [0, 0.05) is 17.6 Å². The number of nitrogens with zero attached hydrogens (tertiary/aromatic N) is 3. The molecule has 3 aromatic carbocycles. The van der Waals surface area contributed by atoms with Crippen molar-refractivity contribution in [1.29, 1.82) is 0 Å². The molecule has 0 aliphatic rings. The molecule has 4 rings (SSSR count). The number of carbonyl (C=O) groups is 1. The van der Waals surface area contributed by atoms with Crippen molar-refractivity contribution in [3.05, 3.63) is 84.7 Å². The van der Waals surface area contributed by atoms with E-state index in [1.54, 1.807) is 6.08 Å². The average Bonchev–Trinajstić information content (AvgIpc) is 3.24. The maximum atomic E-state index is 12.7. The second-order valence-electron chi connectivity index (χ2n) is 7.83. The van der Waals surface area contributed by atoms with E-state index in [0.29, 0.717) is 35.6 Å². The van der Waals surface area contributed by atoms with Crippen molar-refractivity contribution in [3.63, 3.8) is 0 Å². The van der Waals surface area contributed by atoms with E-state index in [9.17, 15) is 4.79 Å². The van der Waals surface area contributed by atoms with Crippen LogP contribution in [0.4, 0.5) is 5.69 Å². The van der Waals surface area contributed by atoms with E-state index < -0.39 is 0 Å². The molecule has 0 spiro atoms. The SMILES string of the molecule is C=CCn1c(COc2ccc(C)cc2OCC)nnc1SCC(=O)Nc1cccc2ccccc12. The molecular formula is C27H28N4O3S. The number of amides is 1. The minimum Gasteiger partial charge on any atom is -0.490 e. The van der Waals surface area contributed by atoms with Gasteiger partial charge in [-0.3, -0.25) is 9.36 Å². The van der Waals surface area contributed by atoms with Crippen LogP contribution in [-0.4, -0.2) is 33.0 Å². The van der Waals surface area contributed by atoms with Crippen molar-refractivity contribution in [2.24, 2.45) is 0 Å². The molecule has 0 saturated carbocycles. The van der Waals surface area contributed by atoms with Crippen LogP contribution in [0, 0.1) is 6.92 Å². The number of fused-ring (bicyclic) bond motifs is 1. The Bertz CT molecular complexity index is 1330. The van der Waals surface area contributed by atoms with Gasteiger partial charge in [0.1, 0.15) is 6.61 Å². The van der Waals surface area contributed by atoms with Crippen molar-refractivity contribution in [1.82, 2.24) is 14.8 Å². The third-order valence-corrected chi connectivity index (χ3v) is 6.22. The Kier molecular flexibility index (Phi) is 8.05. The number of benzene rings is 3. The fourth-order valence-corrected chi connectivity index (χ4v) is 4.41. The highest BCUT2D eigenvalue weighted by atomic mass is 32.2. The van der Waals surface area contributed by atoms with Crippen molar-refractivity contribution in [2.75, 3.05) is 17.7 Å². The number of hydrogen-bond acceptors (Lipinski definition) is 6. The van der Waals surface area contributed by atoms with Gasteiger partial charge < -0.3 is 14.8 Å². The zero-order chi connectivity index (χ0) is 24.6. The highest BCUT2D eigenvalue weighted by molar-refractivity contribution is 7.99. The molecule has 1 aromatic heterocycles. The third-order valence-electron chi connectivity index (χ3n) is 5.26. The summed E-state index contributed by atoms with van der Waals surface area (Å²) in [5, 5.41) is 14.3. The van der Waals surface area contributed by atoms with Crippen LogP contribution in [0.5, 0.6) is 11.5 Å². The third kappa shape index (κ3) is 6.02. The van der Waals surface area contributed by atoms with Crippen LogP contribution in [0.15, 0.2) is 78.5 Å². The molecule has 1 N–H and O–H groups in total. The summed E-state index contributed by atoms with van der Waals surface area (Å²) in [6, 6.07) is 19.6. The molecule has 0 unspecified atom stereocenters. The smallest absolute Gasteiger partial charge is 0.234 e. The molecule has 1 amide bonds. The van der Waals surface area contributed by atoms with Crippen molar-refractivity contribution in [2.45, 2.75) is 32.2 Å². The maximum absolute atomic E-state index is 12.7. The lowest BCUT2D eigenvalue weighted by atomic mass is 10.1. The second kappa shape index (κ2) is 11.6. The minimum absolute atomic E-state index is 0.113. The van der Waals surface area contributed by atoms with E-state index >= 15 is 0 Å². The van der Waals surface area contributed by atoms with Gasteiger partial charge >= 0.3 is 0 Å². The maximum Gasteiger partial charge on any atom is 0.234 e. The predicted octanol–water partition coefficient (Wildman–Crippen LogP) is 5.63. The monoisotopic (exact) mass is 488 g/mol. The summed E-state index contributed by atoms with van der Waals surface area (Å²) in [7, 11) is 0. The van der Waals surface area contributed by atoms with Gasteiger partial charge in [-0.05, 0) is 43.0 Å². The van der Waals surface area contributed by atoms with Crippen LogP contribution < -0.4 is 14.8 Å². The number of allylic oxidation sites excluding steroid dienone is 1. The molecule has 0 atom stereocenters. The number of aryl methyl sites for hydroxylation is 1. The van der Waals surface area contributed by atoms with E-state index in [-0.39, 0.29) is 18.3 Å². The number of hydrogen-bond donors (Lipinski definition) is 1. The second-order valence-corrected chi connectivity index (χ2v) is 8.78. The van der Waals surface area contributed by atoms with Gasteiger partial charge in [0.05, 0.1) is 12.4 Å². The van der Waals surface area contributed by atoms with Crippen LogP contribution in [0.1, 0.15) is 18.3 Å². The molecular weight excluding hydrogens is 460 g/mol. The van der Waals surface area contributed by atoms with Gasteiger partial charge in [0.2, 0.25) is 5.91 Å². The van der Waals surface area contributed by atoms with Crippen LogP contribution in [0.2, 0.25) is 0 Å². The molecule has 0 fully saturated rings. The summed E-state index contributed by atoms with van der Waals surface area (Å²) in [6.07, 6.45) is 1.77. The summed E-state index contributed by atoms with van der Waals surface area (Å²) < 4.78 is 13.6.